The number of nitrogens with zero attached hydrogens (tertiary/aromatic N) is 3. The Balaban J connectivity index is 1.82. The quantitative estimate of drug-likeness (QED) is 0.558. The molecule has 0 aliphatic carbocycles. The largest absolute Gasteiger partial charge is 0.357 e. The number of likely N-dealkylation sites (N-methyl/N-ethyl adjacent to an activating group) is 1. The van der Waals surface area contributed by atoms with Crippen LogP contribution >= 0.6 is 11.3 Å². The number of aliphatic imine (C=N–C) groups is 1. The topological polar surface area (TPSA) is 52.6 Å². The number of nitrogens with one attached hydrogen (secondary N) is 2. The summed E-state index contributed by atoms with van der Waals surface area (Å²) >= 11 is 1.82. The fourth-order valence-electron chi connectivity index (χ4n) is 3.27. The number of aromatic nitrogens is 1. The predicted octanol–water partition coefficient (Wildman–Crippen LogP) is 2.60. The van der Waals surface area contributed by atoms with E-state index < -0.39 is 0 Å². The number of thiazole rings is 1. The van der Waals surface area contributed by atoms with Crippen molar-refractivity contribution in [3.05, 3.63) is 15.6 Å². The van der Waals surface area contributed by atoms with Gasteiger partial charge in [-0.2, -0.15) is 0 Å². The Morgan fingerprint density at radius 1 is 1.33 bits per heavy atom. The molecule has 0 radical (unpaired) electrons. The molecular weight excluding hydrogens is 318 g/mol. The molecule has 1 atom stereocenters. The summed E-state index contributed by atoms with van der Waals surface area (Å²) < 4.78 is 0. The van der Waals surface area contributed by atoms with Crippen LogP contribution in [0.15, 0.2) is 4.99 Å². The average Bonchev–Trinajstić information content (AvgIpc) is 3.18. The lowest BCUT2D eigenvalue weighted by Gasteiger charge is -2.21. The summed E-state index contributed by atoms with van der Waals surface area (Å²) in [6.45, 7) is 13.7. The van der Waals surface area contributed by atoms with E-state index in [1.807, 2.05) is 11.3 Å². The van der Waals surface area contributed by atoms with E-state index in [9.17, 15) is 0 Å². The second-order valence-electron chi connectivity index (χ2n) is 6.29. The van der Waals surface area contributed by atoms with Gasteiger partial charge in [0.1, 0.15) is 0 Å². The highest BCUT2D eigenvalue weighted by Crippen LogP contribution is 2.18. The number of aryl methyl sites for hydroxylation is 2. The van der Waals surface area contributed by atoms with Crippen molar-refractivity contribution in [1.29, 1.82) is 0 Å². The summed E-state index contributed by atoms with van der Waals surface area (Å²) in [7, 11) is 0. The zero-order valence-electron chi connectivity index (χ0n) is 15.7. The Morgan fingerprint density at radius 2 is 2.17 bits per heavy atom. The highest BCUT2D eigenvalue weighted by Gasteiger charge is 2.22. The van der Waals surface area contributed by atoms with E-state index in [0.717, 1.165) is 45.0 Å². The molecule has 1 unspecified atom stereocenters. The van der Waals surface area contributed by atoms with Crippen molar-refractivity contribution in [2.45, 2.75) is 59.4 Å². The molecule has 2 rings (SSSR count). The van der Waals surface area contributed by atoms with Crippen LogP contribution in [0.25, 0.3) is 0 Å². The standard InChI is InChI=1S/C18H33N5S/c1-5-16-14(4)24-17(22-16)10-11-20-18(19-6-2)21-13-15-9-8-12-23(15)7-3/h15H,5-13H2,1-4H3,(H2,19,20,21). The summed E-state index contributed by atoms with van der Waals surface area (Å²) in [6, 6.07) is 0.610. The van der Waals surface area contributed by atoms with Gasteiger partial charge in [-0.1, -0.05) is 13.8 Å². The molecule has 0 amide bonds. The van der Waals surface area contributed by atoms with Gasteiger partial charge in [-0.05, 0) is 46.2 Å². The molecule has 2 heterocycles. The second-order valence-corrected chi connectivity index (χ2v) is 7.57. The maximum Gasteiger partial charge on any atom is 0.191 e. The summed E-state index contributed by atoms with van der Waals surface area (Å²) in [5.41, 5.74) is 1.25. The van der Waals surface area contributed by atoms with Crippen molar-refractivity contribution >= 4 is 17.3 Å². The Morgan fingerprint density at radius 3 is 2.83 bits per heavy atom. The number of rotatable bonds is 8. The first kappa shape index (κ1) is 19.2. The van der Waals surface area contributed by atoms with E-state index in [1.165, 1.54) is 35.0 Å². The zero-order chi connectivity index (χ0) is 17.4. The van der Waals surface area contributed by atoms with Gasteiger partial charge in [0.05, 0.1) is 17.2 Å². The highest BCUT2D eigenvalue weighted by molar-refractivity contribution is 7.11. The van der Waals surface area contributed by atoms with Gasteiger partial charge >= 0.3 is 0 Å². The fraction of sp³-hybridized carbons (Fsp3) is 0.778. The normalized spacial score (nSPS) is 19.0. The molecule has 0 saturated carbocycles. The predicted molar refractivity (Wildman–Crippen MR) is 104 cm³/mol. The summed E-state index contributed by atoms with van der Waals surface area (Å²) in [5.74, 6) is 0.935. The summed E-state index contributed by atoms with van der Waals surface area (Å²) in [5, 5.41) is 8.04. The average molecular weight is 352 g/mol. The second kappa shape index (κ2) is 9.99. The van der Waals surface area contributed by atoms with Gasteiger partial charge in [-0.25, -0.2) is 4.98 Å². The van der Waals surface area contributed by atoms with E-state index in [-0.39, 0.29) is 0 Å². The summed E-state index contributed by atoms with van der Waals surface area (Å²) in [4.78, 5) is 13.4. The van der Waals surface area contributed by atoms with Gasteiger partial charge in [0.25, 0.3) is 0 Å². The molecule has 24 heavy (non-hydrogen) atoms. The maximum atomic E-state index is 4.80. The van der Waals surface area contributed by atoms with Gasteiger partial charge < -0.3 is 10.6 Å². The molecule has 1 saturated heterocycles. The molecule has 136 valence electrons. The van der Waals surface area contributed by atoms with Crippen molar-refractivity contribution in [3.8, 4) is 0 Å². The van der Waals surface area contributed by atoms with Crippen LogP contribution in [-0.2, 0) is 12.8 Å². The first-order valence-corrected chi connectivity index (χ1v) is 10.2. The molecule has 1 fully saturated rings. The van der Waals surface area contributed by atoms with Gasteiger partial charge in [0.15, 0.2) is 5.96 Å². The van der Waals surface area contributed by atoms with Crippen LogP contribution in [0.2, 0.25) is 0 Å². The van der Waals surface area contributed by atoms with Crippen molar-refractivity contribution in [2.24, 2.45) is 4.99 Å². The molecule has 1 aliphatic rings. The van der Waals surface area contributed by atoms with Crippen molar-refractivity contribution in [2.75, 3.05) is 32.7 Å². The van der Waals surface area contributed by atoms with Gasteiger partial charge in [-0.3, -0.25) is 9.89 Å². The van der Waals surface area contributed by atoms with Crippen LogP contribution in [0, 0.1) is 6.92 Å². The molecule has 5 nitrogen and oxygen atoms in total. The van der Waals surface area contributed by atoms with Crippen molar-refractivity contribution in [3.63, 3.8) is 0 Å². The Kier molecular flexibility index (Phi) is 7.99. The molecular formula is C18H33N5S. The Labute approximate surface area is 151 Å². The minimum Gasteiger partial charge on any atom is -0.357 e. The van der Waals surface area contributed by atoms with Crippen LogP contribution in [0.1, 0.15) is 49.2 Å². The maximum absolute atomic E-state index is 4.80. The molecule has 0 bridgehead atoms. The smallest absolute Gasteiger partial charge is 0.191 e. The lowest BCUT2D eigenvalue weighted by Crippen LogP contribution is -2.40. The molecule has 6 heteroatoms. The van der Waals surface area contributed by atoms with E-state index in [2.05, 4.69) is 43.2 Å². The molecule has 2 N–H and O–H groups in total. The summed E-state index contributed by atoms with van der Waals surface area (Å²) in [6.07, 6.45) is 4.56. The third-order valence-corrected chi connectivity index (χ3v) is 5.69. The third-order valence-electron chi connectivity index (χ3n) is 4.61. The van der Waals surface area contributed by atoms with E-state index in [1.54, 1.807) is 0 Å². The van der Waals surface area contributed by atoms with E-state index in [0.29, 0.717) is 6.04 Å². The van der Waals surface area contributed by atoms with Crippen LogP contribution in [0.3, 0.4) is 0 Å². The highest BCUT2D eigenvalue weighted by atomic mass is 32.1. The minimum absolute atomic E-state index is 0.610. The Hall–Kier alpha value is -1.14. The van der Waals surface area contributed by atoms with Crippen molar-refractivity contribution in [1.82, 2.24) is 20.5 Å². The Bertz CT molecular complexity index is 525. The van der Waals surface area contributed by atoms with Crippen LogP contribution in [0.4, 0.5) is 0 Å². The van der Waals surface area contributed by atoms with Gasteiger partial charge in [0.2, 0.25) is 0 Å². The lowest BCUT2D eigenvalue weighted by atomic mass is 10.2. The number of guanidine groups is 1. The number of hydrogen-bond donors (Lipinski definition) is 2. The van der Waals surface area contributed by atoms with Crippen LogP contribution in [0.5, 0.6) is 0 Å². The SMILES string of the molecule is CCNC(=NCC1CCCN1CC)NCCc1nc(CC)c(C)s1. The molecule has 1 aromatic rings. The molecule has 0 spiro atoms. The minimum atomic E-state index is 0.610. The van der Waals surface area contributed by atoms with Crippen LogP contribution < -0.4 is 10.6 Å². The van der Waals surface area contributed by atoms with E-state index in [4.69, 9.17) is 9.98 Å². The monoisotopic (exact) mass is 351 g/mol. The number of hydrogen-bond acceptors (Lipinski definition) is 4. The first-order valence-electron chi connectivity index (χ1n) is 9.39. The molecule has 0 aromatic carbocycles. The first-order chi connectivity index (χ1) is 11.7. The fourth-order valence-corrected chi connectivity index (χ4v) is 4.29. The third kappa shape index (κ3) is 5.45. The zero-order valence-corrected chi connectivity index (χ0v) is 16.5. The van der Waals surface area contributed by atoms with Gasteiger partial charge in [0, 0.05) is 30.4 Å². The lowest BCUT2D eigenvalue weighted by molar-refractivity contribution is 0.273. The van der Waals surface area contributed by atoms with E-state index >= 15 is 0 Å². The van der Waals surface area contributed by atoms with Gasteiger partial charge in [-0.15, -0.1) is 11.3 Å². The van der Waals surface area contributed by atoms with Crippen molar-refractivity contribution < 1.29 is 0 Å². The van der Waals surface area contributed by atoms with Crippen LogP contribution in [-0.4, -0.2) is 54.6 Å². The molecule has 1 aliphatic heterocycles. The molecule has 1 aromatic heterocycles. The number of likely N-dealkylation sites (tertiary alicyclic amines) is 1.